The van der Waals surface area contributed by atoms with Gasteiger partial charge >= 0.3 is 0 Å². The number of hydrogen-bond acceptors (Lipinski definition) is 4. The van der Waals surface area contributed by atoms with Gasteiger partial charge in [0.2, 0.25) is 0 Å². The first-order valence-corrected chi connectivity index (χ1v) is 5.94. The molecule has 2 rings (SSSR count). The largest absolute Gasteiger partial charge is 0.378 e. The molecular weight excluding hydrogens is 234 g/mol. The number of ketones is 1. The molecule has 1 heterocycles. The molecule has 1 aliphatic heterocycles. The Morgan fingerprint density at radius 1 is 1.50 bits per heavy atom. The Morgan fingerprint density at radius 2 is 2.22 bits per heavy atom. The number of rotatable bonds is 4. The second-order valence-electron chi connectivity index (χ2n) is 4.61. The van der Waals surface area contributed by atoms with Crippen molar-refractivity contribution in [2.24, 2.45) is 5.92 Å². The summed E-state index contributed by atoms with van der Waals surface area (Å²) in [4.78, 5) is 22.4. The van der Waals surface area contributed by atoms with E-state index >= 15 is 0 Å². The Morgan fingerprint density at radius 3 is 2.83 bits per heavy atom. The molecule has 1 aromatic carbocycles. The fraction of sp³-hybridized carbons (Fsp3) is 0.462. The molecule has 1 saturated heterocycles. The van der Waals surface area contributed by atoms with Crippen LogP contribution >= 0.6 is 0 Å². The number of hydrogen-bond donors (Lipinski definition) is 0. The maximum Gasteiger partial charge on any atom is 0.273 e. The third-order valence-electron chi connectivity index (χ3n) is 3.21. The van der Waals surface area contributed by atoms with Crippen LogP contribution in [0.25, 0.3) is 0 Å². The lowest BCUT2D eigenvalue weighted by molar-refractivity contribution is -0.385. The van der Waals surface area contributed by atoms with E-state index in [1.807, 2.05) is 6.92 Å². The van der Waals surface area contributed by atoms with Gasteiger partial charge in [-0.1, -0.05) is 18.2 Å². The maximum absolute atomic E-state index is 12.0. The van der Waals surface area contributed by atoms with Gasteiger partial charge < -0.3 is 4.74 Å². The van der Waals surface area contributed by atoms with E-state index in [0.29, 0.717) is 18.6 Å². The molecule has 0 amide bonds. The van der Waals surface area contributed by atoms with Gasteiger partial charge in [-0.2, -0.15) is 0 Å². The van der Waals surface area contributed by atoms with Crippen molar-refractivity contribution in [1.82, 2.24) is 0 Å². The van der Waals surface area contributed by atoms with Crippen LogP contribution in [0.1, 0.15) is 18.9 Å². The summed E-state index contributed by atoms with van der Waals surface area (Å²) in [7, 11) is 0. The molecule has 96 valence electrons. The zero-order valence-electron chi connectivity index (χ0n) is 10.2. The standard InChI is InChI=1S/C13H15NO4/c1-9-6-11(8-18-9)13(15)7-10-4-2-3-5-12(10)14(16)17/h2-5,9,11H,6-8H2,1H3. The molecular formula is C13H15NO4. The Labute approximate surface area is 105 Å². The van der Waals surface area contributed by atoms with Crippen LogP contribution in [0.2, 0.25) is 0 Å². The number of ether oxygens (including phenoxy) is 1. The van der Waals surface area contributed by atoms with Crippen LogP contribution in [0.3, 0.4) is 0 Å². The Kier molecular flexibility index (Phi) is 3.72. The van der Waals surface area contributed by atoms with E-state index in [9.17, 15) is 14.9 Å². The molecule has 1 aliphatic rings. The van der Waals surface area contributed by atoms with Crippen LogP contribution in [-0.4, -0.2) is 23.4 Å². The minimum absolute atomic E-state index is 0.0119. The van der Waals surface area contributed by atoms with Gasteiger partial charge in [-0.25, -0.2) is 0 Å². The number of nitro groups is 1. The van der Waals surface area contributed by atoms with Gasteiger partial charge in [0, 0.05) is 24.0 Å². The number of Topliss-reactive ketones (excluding diaryl/α,β-unsaturated/α-hetero) is 1. The predicted molar refractivity (Wildman–Crippen MR) is 65.3 cm³/mol. The first-order chi connectivity index (χ1) is 8.58. The van der Waals surface area contributed by atoms with Crippen LogP contribution in [-0.2, 0) is 16.0 Å². The summed E-state index contributed by atoms with van der Waals surface area (Å²) >= 11 is 0. The average Bonchev–Trinajstić information content (AvgIpc) is 2.76. The number of nitro benzene ring substituents is 1. The van der Waals surface area contributed by atoms with Crippen molar-refractivity contribution in [3.8, 4) is 0 Å². The summed E-state index contributed by atoms with van der Waals surface area (Å²) in [5.74, 6) is -0.103. The Balaban J connectivity index is 2.09. The van der Waals surface area contributed by atoms with Gasteiger partial charge in [0.25, 0.3) is 5.69 Å². The fourth-order valence-corrected chi connectivity index (χ4v) is 2.21. The minimum Gasteiger partial charge on any atom is -0.378 e. The highest BCUT2D eigenvalue weighted by Gasteiger charge is 2.29. The summed E-state index contributed by atoms with van der Waals surface area (Å²) < 4.78 is 5.35. The number of para-hydroxylation sites is 1. The van der Waals surface area contributed by atoms with Crippen LogP contribution in [0.15, 0.2) is 24.3 Å². The van der Waals surface area contributed by atoms with Crippen LogP contribution < -0.4 is 0 Å². The molecule has 2 unspecified atom stereocenters. The summed E-state index contributed by atoms with van der Waals surface area (Å²) in [6.07, 6.45) is 0.918. The SMILES string of the molecule is CC1CC(C(=O)Cc2ccccc2[N+](=O)[O-])CO1. The third kappa shape index (κ3) is 2.73. The highest BCUT2D eigenvalue weighted by molar-refractivity contribution is 5.84. The van der Waals surface area contributed by atoms with E-state index in [1.54, 1.807) is 18.2 Å². The van der Waals surface area contributed by atoms with Crippen molar-refractivity contribution in [3.05, 3.63) is 39.9 Å². The highest BCUT2D eigenvalue weighted by Crippen LogP contribution is 2.24. The van der Waals surface area contributed by atoms with Crippen molar-refractivity contribution < 1.29 is 14.5 Å². The molecule has 0 aromatic heterocycles. The Hall–Kier alpha value is -1.75. The molecule has 1 aromatic rings. The molecule has 0 bridgehead atoms. The van der Waals surface area contributed by atoms with E-state index in [0.717, 1.165) is 0 Å². The van der Waals surface area contributed by atoms with E-state index < -0.39 is 4.92 Å². The van der Waals surface area contributed by atoms with Gasteiger partial charge in [0.1, 0.15) is 5.78 Å². The third-order valence-corrected chi connectivity index (χ3v) is 3.21. The molecule has 5 nitrogen and oxygen atoms in total. The maximum atomic E-state index is 12.0. The van der Waals surface area contributed by atoms with Crippen molar-refractivity contribution >= 4 is 11.5 Å². The summed E-state index contributed by atoms with van der Waals surface area (Å²) in [5.41, 5.74) is 0.491. The summed E-state index contributed by atoms with van der Waals surface area (Å²) in [5, 5.41) is 10.8. The second kappa shape index (κ2) is 5.27. The number of nitrogens with zero attached hydrogens (tertiary/aromatic N) is 1. The topological polar surface area (TPSA) is 69.4 Å². The Bertz CT molecular complexity index is 472. The molecule has 2 atom stereocenters. The zero-order chi connectivity index (χ0) is 13.1. The minimum atomic E-state index is -0.448. The lowest BCUT2D eigenvalue weighted by Gasteiger charge is -2.07. The van der Waals surface area contributed by atoms with Crippen molar-refractivity contribution in [3.63, 3.8) is 0 Å². The molecule has 1 fully saturated rings. The molecule has 0 spiro atoms. The lowest BCUT2D eigenvalue weighted by Crippen LogP contribution is -2.17. The highest BCUT2D eigenvalue weighted by atomic mass is 16.6. The number of carbonyl (C=O) groups excluding carboxylic acids is 1. The van der Waals surface area contributed by atoms with Crippen molar-refractivity contribution in [2.75, 3.05) is 6.61 Å². The van der Waals surface area contributed by atoms with E-state index in [4.69, 9.17) is 4.74 Å². The quantitative estimate of drug-likeness (QED) is 0.605. The molecule has 0 radical (unpaired) electrons. The van der Waals surface area contributed by atoms with E-state index in [1.165, 1.54) is 6.07 Å². The molecule has 0 saturated carbocycles. The summed E-state index contributed by atoms with van der Waals surface area (Å²) in [6.45, 7) is 2.36. The fourth-order valence-electron chi connectivity index (χ4n) is 2.21. The van der Waals surface area contributed by atoms with Gasteiger partial charge in [-0.15, -0.1) is 0 Å². The van der Waals surface area contributed by atoms with Gasteiger partial charge in [0.15, 0.2) is 0 Å². The van der Waals surface area contributed by atoms with Gasteiger partial charge in [-0.3, -0.25) is 14.9 Å². The number of benzene rings is 1. The molecule has 18 heavy (non-hydrogen) atoms. The molecule has 5 heteroatoms. The molecule has 0 N–H and O–H groups in total. The van der Waals surface area contributed by atoms with Crippen LogP contribution in [0.5, 0.6) is 0 Å². The normalized spacial score (nSPS) is 22.9. The van der Waals surface area contributed by atoms with Gasteiger partial charge in [0.05, 0.1) is 17.6 Å². The zero-order valence-corrected chi connectivity index (χ0v) is 10.2. The average molecular weight is 249 g/mol. The van der Waals surface area contributed by atoms with Gasteiger partial charge in [-0.05, 0) is 13.3 Å². The second-order valence-corrected chi connectivity index (χ2v) is 4.61. The monoisotopic (exact) mass is 249 g/mol. The predicted octanol–water partition coefficient (Wildman–Crippen LogP) is 2.13. The number of carbonyl (C=O) groups is 1. The summed E-state index contributed by atoms with van der Waals surface area (Å²) in [6, 6.07) is 6.38. The van der Waals surface area contributed by atoms with E-state index in [-0.39, 0.29) is 29.9 Å². The molecule has 0 aliphatic carbocycles. The first-order valence-electron chi connectivity index (χ1n) is 5.94. The van der Waals surface area contributed by atoms with Crippen molar-refractivity contribution in [1.29, 1.82) is 0 Å². The lowest BCUT2D eigenvalue weighted by atomic mass is 9.95. The van der Waals surface area contributed by atoms with E-state index in [2.05, 4.69) is 0 Å². The van der Waals surface area contributed by atoms with Crippen LogP contribution in [0, 0.1) is 16.0 Å². The van der Waals surface area contributed by atoms with Crippen molar-refractivity contribution in [2.45, 2.75) is 25.9 Å². The first kappa shape index (κ1) is 12.7. The van der Waals surface area contributed by atoms with Crippen LogP contribution in [0.4, 0.5) is 5.69 Å². The smallest absolute Gasteiger partial charge is 0.273 e.